The van der Waals surface area contributed by atoms with Gasteiger partial charge in [0, 0.05) is 35.9 Å². The molecule has 2 rings (SSSR count). The van der Waals surface area contributed by atoms with Crippen LogP contribution < -0.4 is 5.32 Å². The Morgan fingerprint density at radius 1 is 1.50 bits per heavy atom. The van der Waals surface area contributed by atoms with Gasteiger partial charge in [-0.15, -0.1) is 11.3 Å². The molecule has 1 aromatic heterocycles. The van der Waals surface area contributed by atoms with Crippen molar-refractivity contribution in [3.05, 3.63) is 21.3 Å². The molecular weight excluding hydrogens is 292 g/mol. The van der Waals surface area contributed by atoms with Crippen LogP contribution >= 0.6 is 22.9 Å². The fraction of sp³-hybridized carbons (Fsp3) is 0.636. The summed E-state index contributed by atoms with van der Waals surface area (Å²) >= 11 is 7.50. The third-order valence-corrected chi connectivity index (χ3v) is 5.70. The Kier molecular flexibility index (Phi) is 4.66. The van der Waals surface area contributed by atoms with E-state index in [1.54, 1.807) is 15.6 Å². The van der Waals surface area contributed by atoms with Crippen molar-refractivity contribution in [2.24, 2.45) is 0 Å². The van der Waals surface area contributed by atoms with Gasteiger partial charge in [-0.1, -0.05) is 11.6 Å². The second-order valence-electron chi connectivity index (χ2n) is 4.55. The number of rotatable bonds is 4. The second kappa shape index (κ2) is 5.88. The molecule has 0 aliphatic carbocycles. The first-order valence-electron chi connectivity index (χ1n) is 5.86. The Morgan fingerprint density at radius 2 is 2.17 bits per heavy atom. The van der Waals surface area contributed by atoms with Crippen molar-refractivity contribution in [2.45, 2.75) is 25.4 Å². The molecule has 4 nitrogen and oxygen atoms in total. The fourth-order valence-electron chi connectivity index (χ4n) is 2.08. The van der Waals surface area contributed by atoms with E-state index < -0.39 is 10.0 Å². The molecule has 0 spiro atoms. The van der Waals surface area contributed by atoms with Crippen LogP contribution in [0, 0.1) is 0 Å². The van der Waals surface area contributed by atoms with Gasteiger partial charge in [0.2, 0.25) is 10.0 Å². The van der Waals surface area contributed by atoms with Crippen molar-refractivity contribution >= 4 is 33.0 Å². The van der Waals surface area contributed by atoms with E-state index in [2.05, 4.69) is 5.32 Å². The van der Waals surface area contributed by atoms with Crippen LogP contribution in [-0.2, 0) is 16.6 Å². The lowest BCUT2D eigenvalue weighted by atomic mass is 10.1. The summed E-state index contributed by atoms with van der Waals surface area (Å²) < 4.78 is 24.3. The molecule has 1 saturated heterocycles. The van der Waals surface area contributed by atoms with E-state index in [1.165, 1.54) is 11.1 Å². The highest BCUT2D eigenvalue weighted by Crippen LogP contribution is 2.20. The molecule has 0 atom stereocenters. The number of halogens is 1. The van der Waals surface area contributed by atoms with Crippen molar-refractivity contribution in [3.63, 3.8) is 0 Å². The molecule has 0 aromatic carbocycles. The highest BCUT2D eigenvalue weighted by Gasteiger charge is 2.24. The summed E-state index contributed by atoms with van der Waals surface area (Å²) in [5.74, 6) is 0. The minimum atomic E-state index is -3.02. The average Bonchev–Trinajstić information content (AvgIpc) is 2.72. The molecule has 18 heavy (non-hydrogen) atoms. The maximum atomic E-state index is 11.4. The van der Waals surface area contributed by atoms with Crippen LogP contribution in [0.15, 0.2) is 11.4 Å². The maximum Gasteiger partial charge on any atom is 0.211 e. The Hall–Kier alpha value is -0.140. The number of nitrogens with one attached hydrogen (secondary N) is 1. The van der Waals surface area contributed by atoms with E-state index in [-0.39, 0.29) is 0 Å². The van der Waals surface area contributed by atoms with Crippen molar-refractivity contribution in [3.8, 4) is 0 Å². The molecule has 1 aromatic rings. The van der Waals surface area contributed by atoms with Crippen LogP contribution in [0.5, 0.6) is 0 Å². The maximum absolute atomic E-state index is 11.4. The molecule has 1 fully saturated rings. The molecule has 0 saturated carbocycles. The second-order valence-corrected chi connectivity index (χ2v) is 7.96. The first-order valence-corrected chi connectivity index (χ1v) is 8.97. The van der Waals surface area contributed by atoms with Gasteiger partial charge < -0.3 is 5.32 Å². The van der Waals surface area contributed by atoms with Crippen molar-refractivity contribution in [2.75, 3.05) is 19.3 Å². The van der Waals surface area contributed by atoms with E-state index in [0.717, 1.165) is 24.4 Å². The van der Waals surface area contributed by atoms with Gasteiger partial charge in [0.05, 0.1) is 11.3 Å². The van der Waals surface area contributed by atoms with E-state index in [1.807, 2.05) is 11.4 Å². The average molecular weight is 309 g/mol. The third-order valence-electron chi connectivity index (χ3n) is 3.11. The predicted octanol–water partition coefficient (Wildman–Crippen LogP) is 1.92. The van der Waals surface area contributed by atoms with Crippen LogP contribution in [0.3, 0.4) is 0 Å². The van der Waals surface area contributed by atoms with E-state index in [4.69, 9.17) is 11.6 Å². The lowest BCUT2D eigenvalue weighted by molar-refractivity contribution is 0.290. The lowest BCUT2D eigenvalue weighted by Gasteiger charge is -2.30. The van der Waals surface area contributed by atoms with Crippen LogP contribution in [0.1, 0.15) is 17.7 Å². The third kappa shape index (κ3) is 3.93. The standard InChI is InChI=1S/C11H17ClN2O2S2/c1-18(15,16)14-4-2-10(3-5-14)13-7-11-6-9(12)8-17-11/h6,8,10,13H,2-5,7H2,1H3. The number of hydrogen-bond donors (Lipinski definition) is 1. The van der Waals surface area contributed by atoms with Gasteiger partial charge in [0.1, 0.15) is 0 Å². The van der Waals surface area contributed by atoms with Gasteiger partial charge in [-0.05, 0) is 18.9 Å². The summed E-state index contributed by atoms with van der Waals surface area (Å²) in [6, 6.07) is 2.36. The first-order chi connectivity index (χ1) is 8.45. The van der Waals surface area contributed by atoms with E-state index in [0.29, 0.717) is 19.1 Å². The highest BCUT2D eigenvalue weighted by atomic mass is 35.5. The van der Waals surface area contributed by atoms with Crippen molar-refractivity contribution in [1.29, 1.82) is 0 Å². The van der Waals surface area contributed by atoms with Crippen LogP contribution in [0.2, 0.25) is 5.02 Å². The molecule has 0 unspecified atom stereocenters. The molecule has 1 aliphatic rings. The largest absolute Gasteiger partial charge is 0.309 e. The number of sulfonamides is 1. The van der Waals surface area contributed by atoms with Gasteiger partial charge in [-0.2, -0.15) is 0 Å². The Labute approximate surface area is 117 Å². The van der Waals surface area contributed by atoms with E-state index in [9.17, 15) is 8.42 Å². The highest BCUT2D eigenvalue weighted by molar-refractivity contribution is 7.88. The zero-order valence-electron chi connectivity index (χ0n) is 10.2. The molecule has 1 N–H and O–H groups in total. The summed E-state index contributed by atoms with van der Waals surface area (Å²) in [6.07, 6.45) is 3.01. The normalized spacial score (nSPS) is 19.2. The molecule has 7 heteroatoms. The number of thiophene rings is 1. The van der Waals surface area contributed by atoms with Crippen LogP contribution in [0.25, 0.3) is 0 Å². The number of piperidine rings is 1. The zero-order valence-corrected chi connectivity index (χ0v) is 12.6. The SMILES string of the molecule is CS(=O)(=O)N1CCC(NCc2cc(Cl)cs2)CC1. The molecule has 2 heterocycles. The van der Waals surface area contributed by atoms with E-state index >= 15 is 0 Å². The van der Waals surface area contributed by atoms with Crippen molar-refractivity contribution in [1.82, 2.24) is 9.62 Å². The zero-order chi connectivity index (χ0) is 13.2. The smallest absolute Gasteiger partial charge is 0.211 e. The minimum Gasteiger partial charge on any atom is -0.309 e. The molecule has 0 radical (unpaired) electrons. The summed E-state index contributed by atoms with van der Waals surface area (Å²) in [4.78, 5) is 1.21. The van der Waals surface area contributed by atoms with Gasteiger partial charge in [0.15, 0.2) is 0 Å². The van der Waals surface area contributed by atoms with Gasteiger partial charge >= 0.3 is 0 Å². The molecule has 0 amide bonds. The summed E-state index contributed by atoms with van der Waals surface area (Å²) in [7, 11) is -3.02. The van der Waals surface area contributed by atoms with Gasteiger partial charge in [-0.25, -0.2) is 12.7 Å². The van der Waals surface area contributed by atoms with Crippen molar-refractivity contribution < 1.29 is 8.42 Å². The molecular formula is C11H17ClN2O2S2. The Balaban J connectivity index is 1.77. The molecule has 102 valence electrons. The minimum absolute atomic E-state index is 0.392. The monoisotopic (exact) mass is 308 g/mol. The topological polar surface area (TPSA) is 49.4 Å². The summed E-state index contributed by atoms with van der Waals surface area (Å²) in [6.45, 7) is 2.03. The quantitative estimate of drug-likeness (QED) is 0.924. The van der Waals surface area contributed by atoms with Gasteiger partial charge in [-0.3, -0.25) is 0 Å². The van der Waals surface area contributed by atoms with Gasteiger partial charge in [0.25, 0.3) is 0 Å². The fourth-order valence-corrected chi connectivity index (χ4v) is 3.98. The Bertz CT molecular complexity index is 493. The molecule has 0 bridgehead atoms. The predicted molar refractivity (Wildman–Crippen MR) is 75.6 cm³/mol. The number of hydrogen-bond acceptors (Lipinski definition) is 4. The number of nitrogens with zero attached hydrogens (tertiary/aromatic N) is 1. The van der Waals surface area contributed by atoms with Crippen LogP contribution in [0.4, 0.5) is 0 Å². The van der Waals surface area contributed by atoms with Crippen LogP contribution in [-0.4, -0.2) is 38.1 Å². The Morgan fingerprint density at radius 3 is 2.67 bits per heavy atom. The summed E-state index contributed by atoms with van der Waals surface area (Å²) in [5, 5.41) is 6.16. The lowest BCUT2D eigenvalue weighted by Crippen LogP contribution is -2.44. The first kappa shape index (κ1) is 14.3. The summed E-state index contributed by atoms with van der Waals surface area (Å²) in [5.41, 5.74) is 0. The molecule has 1 aliphatic heterocycles.